The molecule has 0 radical (unpaired) electrons. The van der Waals surface area contributed by atoms with Crippen LogP contribution in [0.3, 0.4) is 0 Å². The molecule has 0 saturated carbocycles. The molecule has 0 N–H and O–H groups in total. The Morgan fingerprint density at radius 2 is 1.83 bits per heavy atom. The molecule has 1 aromatic heterocycles. The summed E-state index contributed by atoms with van der Waals surface area (Å²) in [5.74, 6) is 1.38. The van der Waals surface area contributed by atoms with Crippen molar-refractivity contribution in [3.8, 4) is 17.6 Å². The Kier molecular flexibility index (Phi) is 7.19. The molecule has 5 nitrogen and oxygen atoms in total. The average molecular weight is 585 g/mol. The van der Waals surface area contributed by atoms with E-state index in [0.29, 0.717) is 36.8 Å². The highest BCUT2D eigenvalue weighted by atomic mass is 127. The van der Waals surface area contributed by atoms with Crippen LogP contribution in [0.2, 0.25) is 0 Å². The van der Waals surface area contributed by atoms with Crippen molar-refractivity contribution in [2.75, 3.05) is 6.61 Å². The van der Waals surface area contributed by atoms with Gasteiger partial charge >= 0.3 is 0 Å². The summed E-state index contributed by atoms with van der Waals surface area (Å²) < 4.78 is 15.2. The van der Waals surface area contributed by atoms with E-state index in [9.17, 15) is 5.26 Å². The van der Waals surface area contributed by atoms with Gasteiger partial charge in [-0.25, -0.2) is 4.98 Å². The summed E-state index contributed by atoms with van der Waals surface area (Å²) >= 11 is 2.27. The second-order valence-electron chi connectivity index (χ2n) is 8.33. The lowest BCUT2D eigenvalue weighted by Gasteiger charge is -2.16. The molecule has 5 aromatic rings. The number of benzene rings is 4. The van der Waals surface area contributed by atoms with Gasteiger partial charge in [-0.2, -0.15) is 5.26 Å². The van der Waals surface area contributed by atoms with E-state index in [1.165, 1.54) is 10.8 Å². The quantitative estimate of drug-likeness (QED) is 0.141. The van der Waals surface area contributed by atoms with Gasteiger partial charge in [-0.1, -0.05) is 54.6 Å². The molecular weight excluding hydrogens is 561 g/mol. The number of para-hydroxylation sites is 2. The van der Waals surface area contributed by atoms with Crippen LogP contribution in [-0.4, -0.2) is 16.2 Å². The summed E-state index contributed by atoms with van der Waals surface area (Å²) in [5, 5.41) is 12.2. The second kappa shape index (κ2) is 10.8. The molecular formula is C30H24IN3O2. The van der Waals surface area contributed by atoms with Crippen molar-refractivity contribution in [3.63, 3.8) is 0 Å². The summed E-state index contributed by atoms with van der Waals surface area (Å²) in [6, 6.07) is 28.8. The van der Waals surface area contributed by atoms with Crippen LogP contribution in [0, 0.1) is 14.9 Å². The second-order valence-corrected chi connectivity index (χ2v) is 9.49. The standard InChI is InChI=1S/C30H24IN3O2/c1-2-35-29-16-21(14-22(17-32)18-34-20-33-27-12-5-6-13-28(27)34)15-26(31)30(29)36-19-24-10-7-9-23-8-3-4-11-25(23)24/h3-16,20H,2,18-19H2,1H3/b22-14-. The smallest absolute Gasteiger partial charge is 0.175 e. The number of allylic oxidation sites excluding steroid dienone is 1. The Morgan fingerprint density at radius 1 is 1.03 bits per heavy atom. The van der Waals surface area contributed by atoms with E-state index in [-0.39, 0.29) is 0 Å². The first-order chi connectivity index (χ1) is 17.7. The summed E-state index contributed by atoms with van der Waals surface area (Å²) in [7, 11) is 0. The Morgan fingerprint density at radius 3 is 2.69 bits per heavy atom. The van der Waals surface area contributed by atoms with Crippen LogP contribution in [0.1, 0.15) is 18.1 Å². The molecule has 0 saturated heterocycles. The molecule has 0 unspecified atom stereocenters. The third-order valence-electron chi connectivity index (χ3n) is 5.94. The zero-order chi connectivity index (χ0) is 24.9. The minimum absolute atomic E-state index is 0.434. The normalized spacial score (nSPS) is 11.5. The van der Waals surface area contributed by atoms with E-state index in [2.05, 4.69) is 64.0 Å². The maximum Gasteiger partial charge on any atom is 0.175 e. The third-order valence-corrected chi connectivity index (χ3v) is 6.74. The molecule has 0 aliphatic heterocycles. The van der Waals surface area contributed by atoms with Gasteiger partial charge in [0.2, 0.25) is 0 Å². The minimum Gasteiger partial charge on any atom is -0.490 e. The molecule has 36 heavy (non-hydrogen) atoms. The maximum absolute atomic E-state index is 9.84. The van der Waals surface area contributed by atoms with Crippen LogP contribution < -0.4 is 9.47 Å². The highest BCUT2D eigenvalue weighted by molar-refractivity contribution is 14.1. The summed E-state index contributed by atoms with van der Waals surface area (Å²) in [6.45, 7) is 3.34. The van der Waals surface area contributed by atoms with Gasteiger partial charge in [0, 0.05) is 5.57 Å². The number of rotatable bonds is 8. The largest absolute Gasteiger partial charge is 0.490 e. The zero-order valence-corrected chi connectivity index (χ0v) is 22.0. The van der Waals surface area contributed by atoms with Gasteiger partial charge in [-0.15, -0.1) is 0 Å². The number of halogens is 1. The number of imidazole rings is 1. The molecule has 0 atom stereocenters. The molecule has 4 aromatic carbocycles. The first-order valence-corrected chi connectivity index (χ1v) is 12.8. The summed E-state index contributed by atoms with van der Waals surface area (Å²) in [6.07, 6.45) is 3.67. The SMILES string of the molecule is CCOc1cc(/C=C(/C#N)Cn2cnc3ccccc32)cc(I)c1OCc1cccc2ccccc12. The maximum atomic E-state index is 9.84. The fourth-order valence-electron chi connectivity index (χ4n) is 4.28. The highest BCUT2D eigenvalue weighted by Gasteiger charge is 2.14. The van der Waals surface area contributed by atoms with Gasteiger partial charge in [0.05, 0.1) is 40.2 Å². The van der Waals surface area contributed by atoms with E-state index < -0.39 is 0 Å². The number of hydrogen-bond donors (Lipinski definition) is 0. The summed E-state index contributed by atoms with van der Waals surface area (Å²) in [4.78, 5) is 4.43. The Balaban J connectivity index is 1.42. The molecule has 0 spiro atoms. The predicted octanol–water partition coefficient (Wildman–Crippen LogP) is 7.38. The van der Waals surface area contributed by atoms with E-state index in [1.807, 2.05) is 66.1 Å². The lowest BCUT2D eigenvalue weighted by Crippen LogP contribution is -2.03. The van der Waals surface area contributed by atoms with E-state index in [0.717, 1.165) is 25.7 Å². The van der Waals surface area contributed by atoms with Crippen LogP contribution in [-0.2, 0) is 13.2 Å². The van der Waals surface area contributed by atoms with E-state index >= 15 is 0 Å². The first kappa shape index (κ1) is 23.9. The van der Waals surface area contributed by atoms with E-state index in [1.54, 1.807) is 6.33 Å². The monoisotopic (exact) mass is 585 g/mol. The highest BCUT2D eigenvalue weighted by Crippen LogP contribution is 2.36. The number of hydrogen-bond acceptors (Lipinski definition) is 4. The molecule has 1 heterocycles. The molecule has 0 bridgehead atoms. The van der Waals surface area contributed by atoms with Crippen molar-refractivity contribution in [3.05, 3.63) is 105 Å². The van der Waals surface area contributed by atoms with E-state index in [4.69, 9.17) is 9.47 Å². The van der Waals surface area contributed by atoms with Crippen molar-refractivity contribution in [2.24, 2.45) is 0 Å². The molecule has 178 valence electrons. The minimum atomic E-state index is 0.434. The van der Waals surface area contributed by atoms with Crippen LogP contribution >= 0.6 is 22.6 Å². The molecule has 0 amide bonds. The van der Waals surface area contributed by atoms with Crippen molar-refractivity contribution >= 4 is 50.5 Å². The van der Waals surface area contributed by atoms with Crippen LogP contribution in [0.25, 0.3) is 27.9 Å². The van der Waals surface area contributed by atoms with Crippen molar-refractivity contribution in [1.82, 2.24) is 9.55 Å². The number of nitriles is 1. The number of aromatic nitrogens is 2. The molecule has 0 aliphatic rings. The van der Waals surface area contributed by atoms with Crippen LogP contribution in [0.4, 0.5) is 0 Å². The van der Waals surface area contributed by atoms with Crippen molar-refractivity contribution in [2.45, 2.75) is 20.1 Å². The Hall–Kier alpha value is -3.83. The third kappa shape index (κ3) is 5.07. The number of fused-ring (bicyclic) bond motifs is 2. The Labute approximate surface area is 223 Å². The van der Waals surface area contributed by atoms with Gasteiger partial charge in [-0.3, -0.25) is 0 Å². The average Bonchev–Trinajstić information content (AvgIpc) is 3.31. The van der Waals surface area contributed by atoms with Crippen LogP contribution in [0.15, 0.2) is 90.8 Å². The Bertz CT molecular complexity index is 1610. The first-order valence-electron chi connectivity index (χ1n) is 11.7. The fraction of sp³-hybridized carbons (Fsp3) is 0.133. The number of nitrogens with zero attached hydrogens (tertiary/aromatic N) is 3. The fourth-order valence-corrected chi connectivity index (χ4v) is 5.06. The topological polar surface area (TPSA) is 60.1 Å². The lowest BCUT2D eigenvalue weighted by atomic mass is 10.1. The van der Waals surface area contributed by atoms with Crippen LogP contribution in [0.5, 0.6) is 11.5 Å². The molecule has 0 aliphatic carbocycles. The lowest BCUT2D eigenvalue weighted by molar-refractivity contribution is 0.268. The summed E-state index contributed by atoms with van der Waals surface area (Å²) in [5.41, 5.74) is 4.55. The molecule has 6 heteroatoms. The van der Waals surface area contributed by atoms with Crippen molar-refractivity contribution in [1.29, 1.82) is 5.26 Å². The van der Waals surface area contributed by atoms with Gasteiger partial charge < -0.3 is 14.0 Å². The van der Waals surface area contributed by atoms with Gasteiger partial charge in [-0.05, 0) is 81.8 Å². The molecule has 0 fully saturated rings. The van der Waals surface area contributed by atoms with Gasteiger partial charge in [0.15, 0.2) is 11.5 Å². The van der Waals surface area contributed by atoms with Gasteiger partial charge in [0.25, 0.3) is 0 Å². The van der Waals surface area contributed by atoms with Crippen molar-refractivity contribution < 1.29 is 9.47 Å². The predicted molar refractivity (Wildman–Crippen MR) is 152 cm³/mol. The van der Waals surface area contributed by atoms with Gasteiger partial charge in [0.1, 0.15) is 6.61 Å². The number of ether oxygens (including phenoxy) is 2. The molecule has 5 rings (SSSR count). The zero-order valence-electron chi connectivity index (χ0n) is 19.8.